The highest BCUT2D eigenvalue weighted by atomic mass is 16.6. The molecular weight excluding hydrogens is 478 g/mol. The van der Waals surface area contributed by atoms with Gasteiger partial charge in [0.05, 0.1) is 6.54 Å². The van der Waals surface area contributed by atoms with Crippen molar-refractivity contribution in [2.45, 2.75) is 51.8 Å². The number of cyclic esters (lactones) is 1. The third kappa shape index (κ3) is 5.42. The first-order chi connectivity index (χ1) is 18.4. The minimum atomic E-state index is -0.756. The van der Waals surface area contributed by atoms with Crippen LogP contribution in [0, 0.1) is 13.8 Å². The molecule has 0 radical (unpaired) electrons. The van der Waals surface area contributed by atoms with Crippen molar-refractivity contribution >= 4 is 23.6 Å². The van der Waals surface area contributed by atoms with Crippen molar-refractivity contribution in [3.8, 4) is 0 Å². The summed E-state index contributed by atoms with van der Waals surface area (Å²) in [5, 5.41) is 2.91. The van der Waals surface area contributed by atoms with E-state index in [0.29, 0.717) is 36.4 Å². The highest BCUT2D eigenvalue weighted by Gasteiger charge is 2.48. The predicted octanol–water partition coefficient (Wildman–Crippen LogP) is 5.63. The fraction of sp³-hybridized carbons (Fsp3) is 0.323. The van der Waals surface area contributed by atoms with Crippen molar-refractivity contribution in [3.63, 3.8) is 0 Å². The first kappa shape index (κ1) is 25.5. The van der Waals surface area contributed by atoms with Crippen LogP contribution in [-0.2, 0) is 16.1 Å². The number of benzene rings is 3. The summed E-state index contributed by atoms with van der Waals surface area (Å²) >= 11 is 0. The van der Waals surface area contributed by atoms with Crippen LogP contribution in [0.1, 0.15) is 58.0 Å². The molecule has 2 heterocycles. The number of aryl methyl sites for hydroxylation is 2. The maximum Gasteiger partial charge on any atom is 0.411 e. The van der Waals surface area contributed by atoms with Crippen LogP contribution in [0.4, 0.5) is 10.5 Å². The lowest BCUT2D eigenvalue weighted by Crippen LogP contribution is -2.49. The summed E-state index contributed by atoms with van der Waals surface area (Å²) in [6.45, 7) is 5.66. The Kier molecular flexibility index (Phi) is 7.45. The topological polar surface area (TPSA) is 79.0 Å². The fourth-order valence-corrected chi connectivity index (χ4v) is 5.13. The van der Waals surface area contributed by atoms with E-state index >= 15 is 0 Å². The van der Waals surface area contributed by atoms with Gasteiger partial charge in [0.25, 0.3) is 5.91 Å². The Bertz CT molecular complexity index is 1310. The van der Waals surface area contributed by atoms with Gasteiger partial charge in [-0.1, -0.05) is 54.1 Å². The van der Waals surface area contributed by atoms with Gasteiger partial charge >= 0.3 is 6.09 Å². The SMILES string of the molecule is Cc1ccc(C(=O)Nc2ccc(C3OC(=O)N(Cc4ccccc4C)C3C(=O)N3CCCCC3)cc2)cc1. The normalized spacial score (nSPS) is 19.3. The molecule has 38 heavy (non-hydrogen) atoms. The predicted molar refractivity (Wildman–Crippen MR) is 146 cm³/mol. The first-order valence-electron chi connectivity index (χ1n) is 13.2. The number of hydrogen-bond acceptors (Lipinski definition) is 4. The molecule has 7 heteroatoms. The van der Waals surface area contributed by atoms with Crippen LogP contribution < -0.4 is 5.32 Å². The summed E-state index contributed by atoms with van der Waals surface area (Å²) in [6.07, 6.45) is 1.81. The lowest BCUT2D eigenvalue weighted by Gasteiger charge is -2.33. The number of likely N-dealkylation sites (tertiary alicyclic amines) is 1. The third-order valence-electron chi connectivity index (χ3n) is 7.42. The summed E-state index contributed by atoms with van der Waals surface area (Å²) in [4.78, 5) is 43.0. The zero-order chi connectivity index (χ0) is 26.6. The smallest absolute Gasteiger partial charge is 0.411 e. The van der Waals surface area contributed by atoms with Gasteiger partial charge in [-0.25, -0.2) is 4.79 Å². The Morgan fingerprint density at radius 1 is 0.895 bits per heavy atom. The van der Waals surface area contributed by atoms with E-state index in [1.165, 1.54) is 0 Å². The monoisotopic (exact) mass is 511 g/mol. The standard InChI is InChI=1S/C31H33N3O4/c1-21-10-12-24(13-11-21)29(35)32-26-16-14-23(15-17-26)28-27(30(36)33-18-6-3-7-19-33)34(31(37)38-28)20-25-9-5-4-8-22(25)2/h4-5,8-17,27-28H,3,6-7,18-20H2,1-2H3,(H,32,35). The Labute approximate surface area is 223 Å². The van der Waals surface area contributed by atoms with Crippen molar-refractivity contribution in [1.29, 1.82) is 0 Å². The molecule has 2 aliphatic heterocycles. The van der Waals surface area contributed by atoms with Crippen LogP contribution in [0.25, 0.3) is 0 Å². The summed E-state index contributed by atoms with van der Waals surface area (Å²) in [6, 6.07) is 21.7. The molecule has 0 bridgehead atoms. The largest absolute Gasteiger partial charge is 0.438 e. The number of nitrogens with zero attached hydrogens (tertiary/aromatic N) is 2. The second kappa shape index (κ2) is 11.1. The lowest BCUT2D eigenvalue weighted by molar-refractivity contribution is -0.137. The van der Waals surface area contributed by atoms with Crippen molar-refractivity contribution in [3.05, 3.63) is 101 Å². The minimum Gasteiger partial charge on any atom is -0.438 e. The number of amides is 3. The van der Waals surface area contributed by atoms with Gasteiger partial charge in [0.2, 0.25) is 5.91 Å². The molecule has 2 atom stereocenters. The Hall–Kier alpha value is -4.13. The molecule has 2 unspecified atom stereocenters. The second-order valence-electron chi connectivity index (χ2n) is 10.1. The maximum absolute atomic E-state index is 13.8. The molecule has 0 spiro atoms. The molecule has 2 saturated heterocycles. The molecule has 0 aliphatic carbocycles. The highest BCUT2D eigenvalue weighted by molar-refractivity contribution is 6.04. The van der Waals surface area contributed by atoms with Crippen LogP contribution in [0.15, 0.2) is 72.8 Å². The van der Waals surface area contributed by atoms with Gasteiger partial charge in [-0.05, 0) is 74.1 Å². The number of piperidine rings is 1. The molecule has 0 saturated carbocycles. The van der Waals surface area contributed by atoms with E-state index in [2.05, 4.69) is 5.32 Å². The lowest BCUT2D eigenvalue weighted by atomic mass is 9.98. The average Bonchev–Trinajstić information content (AvgIpc) is 3.26. The van der Waals surface area contributed by atoms with E-state index in [1.54, 1.807) is 29.2 Å². The highest BCUT2D eigenvalue weighted by Crippen LogP contribution is 2.36. The number of carbonyl (C=O) groups is 3. The molecule has 3 aromatic carbocycles. The van der Waals surface area contributed by atoms with Crippen LogP contribution in [0.3, 0.4) is 0 Å². The molecule has 7 nitrogen and oxygen atoms in total. The van der Waals surface area contributed by atoms with Gasteiger partial charge in [0.1, 0.15) is 0 Å². The van der Waals surface area contributed by atoms with E-state index in [9.17, 15) is 14.4 Å². The van der Waals surface area contributed by atoms with Crippen molar-refractivity contribution in [2.75, 3.05) is 18.4 Å². The van der Waals surface area contributed by atoms with E-state index in [1.807, 2.05) is 67.3 Å². The molecule has 2 fully saturated rings. The summed E-state index contributed by atoms with van der Waals surface area (Å²) < 4.78 is 5.85. The first-order valence-corrected chi connectivity index (χ1v) is 13.2. The van der Waals surface area contributed by atoms with Gasteiger partial charge in [-0.2, -0.15) is 0 Å². The summed E-state index contributed by atoms with van der Waals surface area (Å²) in [7, 11) is 0. The van der Waals surface area contributed by atoms with E-state index in [4.69, 9.17) is 4.74 Å². The minimum absolute atomic E-state index is 0.0779. The van der Waals surface area contributed by atoms with Crippen LogP contribution in [0.2, 0.25) is 0 Å². The number of carbonyl (C=O) groups excluding carboxylic acids is 3. The van der Waals surface area contributed by atoms with Crippen LogP contribution in [-0.4, -0.2) is 46.8 Å². The zero-order valence-corrected chi connectivity index (χ0v) is 21.9. The van der Waals surface area contributed by atoms with Gasteiger partial charge in [-0.3, -0.25) is 14.5 Å². The molecule has 196 valence electrons. The van der Waals surface area contributed by atoms with Crippen molar-refractivity contribution in [1.82, 2.24) is 9.80 Å². The van der Waals surface area contributed by atoms with E-state index in [-0.39, 0.29) is 11.8 Å². The van der Waals surface area contributed by atoms with Gasteiger partial charge in [0, 0.05) is 24.3 Å². The molecular formula is C31H33N3O4. The Balaban J connectivity index is 1.38. The van der Waals surface area contributed by atoms with E-state index in [0.717, 1.165) is 36.0 Å². The van der Waals surface area contributed by atoms with Crippen LogP contribution in [0.5, 0.6) is 0 Å². The molecule has 2 aliphatic rings. The van der Waals surface area contributed by atoms with Gasteiger partial charge < -0.3 is 15.0 Å². The maximum atomic E-state index is 13.8. The number of rotatable bonds is 6. The molecule has 3 aromatic rings. The Morgan fingerprint density at radius 2 is 1.58 bits per heavy atom. The van der Waals surface area contributed by atoms with Crippen LogP contribution >= 0.6 is 0 Å². The second-order valence-corrected chi connectivity index (χ2v) is 10.1. The van der Waals surface area contributed by atoms with Crippen molar-refractivity contribution < 1.29 is 19.1 Å². The number of hydrogen-bond donors (Lipinski definition) is 1. The zero-order valence-electron chi connectivity index (χ0n) is 21.9. The fourth-order valence-electron chi connectivity index (χ4n) is 5.13. The molecule has 5 rings (SSSR count). The van der Waals surface area contributed by atoms with E-state index < -0.39 is 18.2 Å². The molecule has 3 amide bonds. The Morgan fingerprint density at radius 3 is 2.26 bits per heavy atom. The van der Waals surface area contributed by atoms with Gasteiger partial charge in [0.15, 0.2) is 12.1 Å². The number of anilines is 1. The third-order valence-corrected chi connectivity index (χ3v) is 7.42. The quantitative estimate of drug-likeness (QED) is 0.465. The summed E-state index contributed by atoms with van der Waals surface area (Å²) in [5.74, 6) is -0.279. The number of nitrogens with one attached hydrogen (secondary N) is 1. The molecule has 0 aromatic heterocycles. The van der Waals surface area contributed by atoms with Crippen molar-refractivity contribution in [2.24, 2.45) is 0 Å². The number of ether oxygens (including phenoxy) is 1. The summed E-state index contributed by atoms with van der Waals surface area (Å²) in [5.41, 5.74) is 5.04. The average molecular weight is 512 g/mol. The van der Waals surface area contributed by atoms with Gasteiger partial charge in [-0.15, -0.1) is 0 Å². The molecule has 1 N–H and O–H groups in total.